The van der Waals surface area contributed by atoms with Crippen molar-refractivity contribution in [2.24, 2.45) is 0 Å². The Hall–Kier alpha value is -2.94. The van der Waals surface area contributed by atoms with Gasteiger partial charge in [0.25, 0.3) is 0 Å². The summed E-state index contributed by atoms with van der Waals surface area (Å²) in [5.41, 5.74) is 2.56. The van der Waals surface area contributed by atoms with Crippen LogP contribution in [0.5, 0.6) is 0 Å². The molecular weight excluding hydrogens is 254 g/mol. The van der Waals surface area contributed by atoms with E-state index in [9.17, 15) is 0 Å². The highest BCUT2D eigenvalue weighted by molar-refractivity contribution is 5.78. The van der Waals surface area contributed by atoms with E-state index in [1.165, 1.54) is 6.39 Å². The van der Waals surface area contributed by atoms with E-state index in [1.54, 1.807) is 6.07 Å². The number of anilines is 1. The number of rotatable bonds is 2. The van der Waals surface area contributed by atoms with E-state index in [0.29, 0.717) is 22.9 Å². The van der Waals surface area contributed by atoms with Crippen LogP contribution in [0.1, 0.15) is 5.69 Å². The van der Waals surface area contributed by atoms with Crippen LogP contribution in [0.15, 0.2) is 35.1 Å². The molecule has 0 aliphatic heterocycles. The molecule has 0 unspecified atom stereocenters. The molecule has 3 rings (SSSR count). The second-order valence-electron chi connectivity index (χ2n) is 4.48. The smallest absolute Gasteiger partial charge is 0.181 e. The van der Waals surface area contributed by atoms with Crippen molar-refractivity contribution in [1.82, 2.24) is 15.0 Å². The molecule has 98 valence electrons. The van der Waals surface area contributed by atoms with Gasteiger partial charge in [-0.2, -0.15) is 5.26 Å². The molecule has 0 fully saturated rings. The maximum absolute atomic E-state index is 9.07. The summed E-state index contributed by atoms with van der Waals surface area (Å²) in [7, 11) is 3.74. The van der Waals surface area contributed by atoms with E-state index in [4.69, 9.17) is 9.68 Å². The number of benzene rings is 1. The second-order valence-corrected chi connectivity index (χ2v) is 4.48. The summed E-state index contributed by atoms with van der Waals surface area (Å²) in [6, 6.07) is 9.22. The zero-order valence-corrected chi connectivity index (χ0v) is 11.0. The average molecular weight is 265 g/mol. The van der Waals surface area contributed by atoms with Crippen molar-refractivity contribution in [1.29, 1.82) is 5.26 Å². The molecule has 6 heteroatoms. The third-order valence-corrected chi connectivity index (χ3v) is 2.87. The van der Waals surface area contributed by atoms with E-state index in [0.717, 1.165) is 11.1 Å². The average Bonchev–Trinajstić information content (AvgIpc) is 2.94. The molecule has 0 aliphatic rings. The summed E-state index contributed by atoms with van der Waals surface area (Å²) < 4.78 is 5.27. The molecule has 0 atom stereocenters. The lowest BCUT2D eigenvalue weighted by molar-refractivity contribution is 0.602. The van der Waals surface area contributed by atoms with Gasteiger partial charge in [0, 0.05) is 25.7 Å². The molecule has 0 spiro atoms. The number of nitriles is 1. The Morgan fingerprint density at radius 3 is 2.80 bits per heavy atom. The minimum Gasteiger partial charge on any atom is -0.443 e. The molecular formula is C14H11N5O. The Morgan fingerprint density at radius 2 is 2.05 bits per heavy atom. The Labute approximate surface area is 115 Å². The summed E-state index contributed by atoms with van der Waals surface area (Å²) in [6.45, 7) is 0. The van der Waals surface area contributed by atoms with Crippen molar-refractivity contribution >= 4 is 16.9 Å². The monoisotopic (exact) mass is 265 g/mol. The van der Waals surface area contributed by atoms with E-state index in [1.807, 2.05) is 37.2 Å². The molecule has 6 nitrogen and oxygen atoms in total. The van der Waals surface area contributed by atoms with Crippen LogP contribution in [0.2, 0.25) is 0 Å². The van der Waals surface area contributed by atoms with E-state index in [-0.39, 0.29) is 0 Å². The maximum atomic E-state index is 9.07. The van der Waals surface area contributed by atoms with Gasteiger partial charge in [-0.15, -0.1) is 0 Å². The number of oxazole rings is 1. The van der Waals surface area contributed by atoms with Crippen LogP contribution in [0, 0.1) is 11.3 Å². The van der Waals surface area contributed by atoms with Crippen molar-refractivity contribution in [3.8, 4) is 17.5 Å². The van der Waals surface area contributed by atoms with Crippen LogP contribution >= 0.6 is 0 Å². The molecule has 0 aliphatic carbocycles. The van der Waals surface area contributed by atoms with Gasteiger partial charge in [-0.1, -0.05) is 0 Å². The first-order valence-electron chi connectivity index (χ1n) is 5.97. The fourth-order valence-corrected chi connectivity index (χ4v) is 1.84. The Morgan fingerprint density at radius 1 is 1.20 bits per heavy atom. The quantitative estimate of drug-likeness (QED) is 0.707. The lowest BCUT2D eigenvalue weighted by Crippen LogP contribution is -2.12. The Bertz CT molecular complexity index is 816. The minimum atomic E-state index is 0.330. The van der Waals surface area contributed by atoms with Crippen molar-refractivity contribution in [3.63, 3.8) is 0 Å². The SMILES string of the molecule is CN(C)c1cc(C#N)nc(-c2ccc3ncoc3c2)n1. The molecule has 0 N–H and O–H groups in total. The van der Waals surface area contributed by atoms with Crippen molar-refractivity contribution in [2.75, 3.05) is 19.0 Å². The first-order chi connectivity index (χ1) is 9.67. The van der Waals surface area contributed by atoms with Crippen molar-refractivity contribution in [3.05, 3.63) is 36.4 Å². The summed E-state index contributed by atoms with van der Waals surface area (Å²) >= 11 is 0. The number of hydrogen-bond donors (Lipinski definition) is 0. The highest BCUT2D eigenvalue weighted by atomic mass is 16.3. The van der Waals surface area contributed by atoms with Crippen LogP contribution in [0.25, 0.3) is 22.5 Å². The van der Waals surface area contributed by atoms with Gasteiger partial charge in [0.2, 0.25) is 0 Å². The summed E-state index contributed by atoms with van der Waals surface area (Å²) in [5, 5.41) is 9.07. The van der Waals surface area contributed by atoms with E-state index >= 15 is 0 Å². The zero-order valence-electron chi connectivity index (χ0n) is 11.0. The van der Waals surface area contributed by atoms with Gasteiger partial charge in [-0.05, 0) is 18.2 Å². The number of fused-ring (bicyclic) bond motifs is 1. The number of aromatic nitrogens is 3. The van der Waals surface area contributed by atoms with Crippen LogP contribution in [-0.4, -0.2) is 29.0 Å². The molecule has 1 aromatic carbocycles. The lowest BCUT2D eigenvalue weighted by Gasteiger charge is -2.12. The largest absolute Gasteiger partial charge is 0.443 e. The van der Waals surface area contributed by atoms with E-state index < -0.39 is 0 Å². The van der Waals surface area contributed by atoms with Crippen LogP contribution in [-0.2, 0) is 0 Å². The standard InChI is InChI=1S/C14H11N5O/c1-19(2)13-6-10(7-15)17-14(18-13)9-3-4-11-12(5-9)20-8-16-11/h3-6,8H,1-2H3. The fourth-order valence-electron chi connectivity index (χ4n) is 1.84. The molecule has 0 saturated carbocycles. The van der Waals surface area contributed by atoms with Gasteiger partial charge >= 0.3 is 0 Å². The predicted molar refractivity (Wildman–Crippen MR) is 74.1 cm³/mol. The summed E-state index contributed by atoms with van der Waals surface area (Å²) in [4.78, 5) is 14.6. The molecule has 0 amide bonds. The van der Waals surface area contributed by atoms with E-state index in [2.05, 4.69) is 21.0 Å². The van der Waals surface area contributed by atoms with Crippen molar-refractivity contribution < 1.29 is 4.42 Å². The molecule has 20 heavy (non-hydrogen) atoms. The van der Waals surface area contributed by atoms with Crippen LogP contribution < -0.4 is 4.90 Å². The maximum Gasteiger partial charge on any atom is 0.181 e. The van der Waals surface area contributed by atoms with Gasteiger partial charge in [-0.25, -0.2) is 15.0 Å². The molecule has 0 bridgehead atoms. The minimum absolute atomic E-state index is 0.330. The van der Waals surface area contributed by atoms with Gasteiger partial charge in [0.05, 0.1) is 0 Å². The van der Waals surface area contributed by atoms with Gasteiger partial charge in [0.15, 0.2) is 17.8 Å². The summed E-state index contributed by atoms with van der Waals surface area (Å²) in [6.07, 6.45) is 1.40. The molecule has 0 radical (unpaired) electrons. The highest BCUT2D eigenvalue weighted by Gasteiger charge is 2.10. The Balaban J connectivity index is 2.17. The predicted octanol–water partition coefficient (Wildman–Crippen LogP) is 2.22. The summed E-state index contributed by atoms with van der Waals surface area (Å²) in [5.74, 6) is 1.18. The number of hydrogen-bond acceptors (Lipinski definition) is 6. The van der Waals surface area contributed by atoms with Crippen molar-refractivity contribution in [2.45, 2.75) is 0 Å². The fraction of sp³-hybridized carbons (Fsp3) is 0.143. The molecule has 0 saturated heterocycles. The lowest BCUT2D eigenvalue weighted by atomic mass is 10.2. The zero-order chi connectivity index (χ0) is 14.1. The second kappa shape index (κ2) is 4.63. The Kier molecular flexibility index (Phi) is 2.80. The van der Waals surface area contributed by atoms with Gasteiger partial charge in [-0.3, -0.25) is 0 Å². The van der Waals surface area contributed by atoms with Gasteiger partial charge < -0.3 is 9.32 Å². The van der Waals surface area contributed by atoms with Gasteiger partial charge in [0.1, 0.15) is 23.1 Å². The molecule has 2 heterocycles. The third kappa shape index (κ3) is 2.06. The third-order valence-electron chi connectivity index (χ3n) is 2.87. The molecule has 3 aromatic rings. The first-order valence-corrected chi connectivity index (χ1v) is 5.97. The normalized spacial score (nSPS) is 10.4. The topological polar surface area (TPSA) is 78.8 Å². The first kappa shape index (κ1) is 12.1. The number of nitrogens with zero attached hydrogens (tertiary/aromatic N) is 5. The highest BCUT2D eigenvalue weighted by Crippen LogP contribution is 2.23. The van der Waals surface area contributed by atoms with Crippen LogP contribution in [0.3, 0.4) is 0 Å². The van der Waals surface area contributed by atoms with Crippen LogP contribution in [0.4, 0.5) is 5.82 Å². The molecule has 2 aromatic heterocycles.